The maximum atomic E-state index is 13.3. The number of carbonyl (C=O) groups excluding carboxylic acids is 2. The molecule has 0 aliphatic carbocycles. The molecule has 35 heavy (non-hydrogen) atoms. The lowest BCUT2D eigenvalue weighted by Gasteiger charge is -2.35. The minimum Gasteiger partial charge on any atom is -0.454 e. The minimum atomic E-state index is -0.337. The van der Waals surface area contributed by atoms with E-state index in [1.165, 1.54) is 5.56 Å². The standard InChI is InChI=1S/C28H26N2O5/c31-27(30-12-10-29(11-13-30)17-19-6-9-24-26(14-19)34-18-33-24)21-7-8-23-22(15-21)16-25(35-28(23)32)20-4-2-1-3-5-20/h1-9,14-15,25H,10-13,16-18H2/t25-/m0/s1. The van der Waals surface area contributed by atoms with Gasteiger partial charge in [0.1, 0.15) is 6.10 Å². The fourth-order valence-electron chi connectivity index (χ4n) is 4.97. The Hall–Kier alpha value is -3.84. The van der Waals surface area contributed by atoms with Crippen LogP contribution in [0.2, 0.25) is 0 Å². The van der Waals surface area contributed by atoms with Gasteiger partial charge in [-0.05, 0) is 47.0 Å². The zero-order valence-electron chi connectivity index (χ0n) is 19.3. The molecule has 3 aliphatic rings. The summed E-state index contributed by atoms with van der Waals surface area (Å²) < 4.78 is 16.5. The lowest BCUT2D eigenvalue weighted by atomic mass is 9.93. The molecule has 0 radical (unpaired) electrons. The van der Waals surface area contributed by atoms with Crippen molar-refractivity contribution in [3.63, 3.8) is 0 Å². The largest absolute Gasteiger partial charge is 0.454 e. The van der Waals surface area contributed by atoms with Crippen molar-refractivity contribution >= 4 is 11.9 Å². The number of carbonyl (C=O) groups is 2. The van der Waals surface area contributed by atoms with E-state index < -0.39 is 0 Å². The Morgan fingerprint density at radius 2 is 1.69 bits per heavy atom. The monoisotopic (exact) mass is 470 g/mol. The number of cyclic esters (lactones) is 1. The quantitative estimate of drug-likeness (QED) is 0.540. The number of piperazine rings is 1. The normalized spacial score (nSPS) is 19.3. The SMILES string of the molecule is O=C1O[C@H](c2ccccc2)Cc2cc(C(=O)N3CCN(Cc4ccc5c(c4)OCO5)CC3)ccc21. The molecular formula is C28H26N2O5. The molecule has 7 nitrogen and oxygen atoms in total. The summed E-state index contributed by atoms with van der Waals surface area (Å²) in [5.74, 6) is 1.25. The Bertz CT molecular complexity index is 1270. The molecule has 178 valence electrons. The average molecular weight is 471 g/mol. The third kappa shape index (κ3) is 4.35. The molecule has 6 rings (SSSR count). The Kier molecular flexibility index (Phi) is 5.62. The van der Waals surface area contributed by atoms with Gasteiger partial charge in [0.2, 0.25) is 6.79 Å². The van der Waals surface area contributed by atoms with Crippen molar-refractivity contribution in [3.05, 3.63) is 94.5 Å². The number of amides is 1. The number of rotatable bonds is 4. The predicted molar refractivity (Wildman–Crippen MR) is 128 cm³/mol. The highest BCUT2D eigenvalue weighted by molar-refractivity contribution is 5.98. The number of esters is 1. The number of hydrogen-bond donors (Lipinski definition) is 0. The van der Waals surface area contributed by atoms with E-state index in [4.69, 9.17) is 14.2 Å². The lowest BCUT2D eigenvalue weighted by Crippen LogP contribution is -2.48. The summed E-state index contributed by atoms with van der Waals surface area (Å²) in [4.78, 5) is 30.1. The first kappa shape index (κ1) is 21.7. The first-order valence-electron chi connectivity index (χ1n) is 11.9. The summed E-state index contributed by atoms with van der Waals surface area (Å²) in [7, 11) is 0. The highest BCUT2D eigenvalue weighted by atomic mass is 16.7. The van der Waals surface area contributed by atoms with Gasteiger partial charge in [-0.2, -0.15) is 0 Å². The second-order valence-corrected chi connectivity index (χ2v) is 9.14. The molecule has 3 heterocycles. The van der Waals surface area contributed by atoms with Crippen molar-refractivity contribution in [2.45, 2.75) is 19.1 Å². The van der Waals surface area contributed by atoms with Gasteiger partial charge in [-0.25, -0.2) is 4.79 Å². The summed E-state index contributed by atoms with van der Waals surface area (Å²) in [5, 5.41) is 0. The molecule has 0 N–H and O–H groups in total. The van der Waals surface area contributed by atoms with Gasteiger partial charge in [0, 0.05) is 44.7 Å². The van der Waals surface area contributed by atoms with Crippen molar-refractivity contribution in [2.75, 3.05) is 33.0 Å². The minimum absolute atomic E-state index is 0.00531. The lowest BCUT2D eigenvalue weighted by molar-refractivity contribution is 0.0252. The van der Waals surface area contributed by atoms with Crippen LogP contribution in [0, 0.1) is 0 Å². The van der Waals surface area contributed by atoms with Crippen LogP contribution < -0.4 is 9.47 Å². The molecule has 7 heteroatoms. The number of ether oxygens (including phenoxy) is 3. The first-order valence-corrected chi connectivity index (χ1v) is 11.9. The highest BCUT2D eigenvalue weighted by Crippen LogP contribution is 2.33. The van der Waals surface area contributed by atoms with Gasteiger partial charge in [0.15, 0.2) is 11.5 Å². The van der Waals surface area contributed by atoms with Crippen LogP contribution in [-0.4, -0.2) is 54.6 Å². The van der Waals surface area contributed by atoms with Crippen LogP contribution in [0.3, 0.4) is 0 Å². The molecule has 0 bridgehead atoms. The highest BCUT2D eigenvalue weighted by Gasteiger charge is 2.29. The molecule has 3 aromatic carbocycles. The fraction of sp³-hybridized carbons (Fsp3) is 0.286. The van der Waals surface area contributed by atoms with E-state index >= 15 is 0 Å². The fourth-order valence-corrected chi connectivity index (χ4v) is 4.97. The van der Waals surface area contributed by atoms with Crippen molar-refractivity contribution in [1.82, 2.24) is 9.80 Å². The van der Waals surface area contributed by atoms with Crippen molar-refractivity contribution in [3.8, 4) is 11.5 Å². The summed E-state index contributed by atoms with van der Waals surface area (Å²) in [6, 6.07) is 21.1. The molecule has 0 aromatic heterocycles. The van der Waals surface area contributed by atoms with Crippen LogP contribution >= 0.6 is 0 Å². The van der Waals surface area contributed by atoms with Gasteiger partial charge >= 0.3 is 5.97 Å². The third-order valence-corrected chi connectivity index (χ3v) is 6.90. The van der Waals surface area contributed by atoms with Gasteiger partial charge in [0.05, 0.1) is 5.56 Å². The van der Waals surface area contributed by atoms with E-state index in [0.29, 0.717) is 30.6 Å². The Labute approximate surface area is 203 Å². The Morgan fingerprint density at radius 1 is 0.886 bits per heavy atom. The Balaban J connectivity index is 1.10. The first-order chi connectivity index (χ1) is 17.1. The number of benzene rings is 3. The Morgan fingerprint density at radius 3 is 2.51 bits per heavy atom. The molecular weight excluding hydrogens is 444 g/mol. The molecule has 3 aliphatic heterocycles. The van der Waals surface area contributed by atoms with Gasteiger partial charge in [0.25, 0.3) is 5.91 Å². The molecule has 0 saturated carbocycles. The van der Waals surface area contributed by atoms with Gasteiger partial charge < -0.3 is 19.1 Å². The van der Waals surface area contributed by atoms with Gasteiger partial charge in [-0.3, -0.25) is 9.69 Å². The van der Waals surface area contributed by atoms with Crippen LogP contribution in [0.25, 0.3) is 0 Å². The van der Waals surface area contributed by atoms with E-state index in [1.807, 2.05) is 53.4 Å². The summed E-state index contributed by atoms with van der Waals surface area (Å²) in [5.41, 5.74) is 4.16. The van der Waals surface area contributed by atoms with Crippen molar-refractivity contribution in [1.29, 1.82) is 0 Å². The number of hydrogen-bond acceptors (Lipinski definition) is 6. The van der Waals surface area contributed by atoms with E-state index in [2.05, 4.69) is 11.0 Å². The smallest absolute Gasteiger partial charge is 0.339 e. The van der Waals surface area contributed by atoms with Crippen LogP contribution in [0.4, 0.5) is 0 Å². The summed E-state index contributed by atoms with van der Waals surface area (Å²) in [6.07, 6.45) is 0.233. The zero-order valence-corrected chi connectivity index (χ0v) is 19.3. The van der Waals surface area contributed by atoms with Crippen LogP contribution in [0.5, 0.6) is 11.5 Å². The molecule has 1 saturated heterocycles. The van der Waals surface area contributed by atoms with Crippen LogP contribution in [0.15, 0.2) is 66.7 Å². The topological polar surface area (TPSA) is 68.3 Å². The summed E-state index contributed by atoms with van der Waals surface area (Å²) in [6.45, 7) is 4.00. The third-order valence-electron chi connectivity index (χ3n) is 6.90. The predicted octanol–water partition coefficient (Wildman–Crippen LogP) is 3.83. The maximum Gasteiger partial charge on any atom is 0.339 e. The average Bonchev–Trinajstić information content (AvgIpc) is 3.37. The maximum absolute atomic E-state index is 13.3. The van der Waals surface area contributed by atoms with Crippen LogP contribution in [0.1, 0.15) is 43.5 Å². The molecule has 3 aromatic rings. The molecule has 0 spiro atoms. The zero-order chi connectivity index (χ0) is 23.8. The van der Waals surface area contributed by atoms with E-state index in [9.17, 15) is 9.59 Å². The molecule has 1 fully saturated rings. The van der Waals surface area contributed by atoms with E-state index in [1.54, 1.807) is 12.1 Å². The number of nitrogens with zero attached hydrogens (tertiary/aromatic N) is 2. The molecule has 1 amide bonds. The molecule has 1 atom stereocenters. The second-order valence-electron chi connectivity index (χ2n) is 9.14. The second kappa shape index (κ2) is 9.07. The van der Waals surface area contributed by atoms with Gasteiger partial charge in [-0.1, -0.05) is 36.4 Å². The van der Waals surface area contributed by atoms with Gasteiger partial charge in [-0.15, -0.1) is 0 Å². The van der Waals surface area contributed by atoms with Crippen LogP contribution in [-0.2, 0) is 17.7 Å². The van der Waals surface area contributed by atoms with E-state index in [0.717, 1.165) is 42.3 Å². The van der Waals surface area contributed by atoms with Crippen molar-refractivity contribution in [2.24, 2.45) is 0 Å². The number of fused-ring (bicyclic) bond motifs is 2. The van der Waals surface area contributed by atoms with E-state index in [-0.39, 0.29) is 24.8 Å². The summed E-state index contributed by atoms with van der Waals surface area (Å²) >= 11 is 0. The molecule has 0 unspecified atom stereocenters. The van der Waals surface area contributed by atoms with Crippen molar-refractivity contribution < 1.29 is 23.8 Å².